The SMILES string of the molecule is C/C=C1\C(=C/CC)C(C)(C)c2cc3c(cc21)C(C)(C)c1cc(N(c2ccc(-c4ccccc4)cc2)c2ccc(-c4ccccc4)cc2)cc(N(c2ccc(-c4ccccc4)cc2)c2ccc(-c4ccccc4)cc2)c1-3. The van der Waals surface area contributed by atoms with Crippen molar-refractivity contribution in [1.82, 2.24) is 0 Å². The summed E-state index contributed by atoms with van der Waals surface area (Å²) in [5.41, 5.74) is 26.3. The number of rotatable bonds is 11. The van der Waals surface area contributed by atoms with Crippen molar-refractivity contribution in [3.63, 3.8) is 0 Å². The van der Waals surface area contributed by atoms with Crippen molar-refractivity contribution in [2.24, 2.45) is 0 Å². The third kappa shape index (κ3) is 8.41. The minimum absolute atomic E-state index is 0.163. The molecule has 0 N–H and O–H groups in total. The molecular weight excluding hydrogens is 905 g/mol. The lowest BCUT2D eigenvalue weighted by molar-refractivity contribution is 0.650. The molecule has 0 saturated carbocycles. The molecule has 0 heterocycles. The maximum Gasteiger partial charge on any atom is 0.0564 e. The number of benzene rings is 10. The first kappa shape index (κ1) is 47.3. The van der Waals surface area contributed by atoms with E-state index in [1.165, 1.54) is 89.0 Å². The third-order valence-corrected chi connectivity index (χ3v) is 15.9. The molecule has 75 heavy (non-hydrogen) atoms. The summed E-state index contributed by atoms with van der Waals surface area (Å²) in [5, 5.41) is 0. The average molecular weight is 967 g/mol. The third-order valence-electron chi connectivity index (χ3n) is 15.9. The molecule has 0 radical (unpaired) electrons. The molecule has 0 aromatic heterocycles. The molecule has 2 aliphatic rings. The van der Waals surface area contributed by atoms with E-state index in [0.29, 0.717) is 0 Å². The summed E-state index contributed by atoms with van der Waals surface area (Å²) < 4.78 is 0. The van der Waals surface area contributed by atoms with Crippen LogP contribution in [0.15, 0.2) is 260 Å². The number of allylic oxidation sites excluding steroid dienone is 4. The van der Waals surface area contributed by atoms with Gasteiger partial charge in [0, 0.05) is 44.8 Å². The first-order valence-corrected chi connectivity index (χ1v) is 26.6. The number of fused-ring (bicyclic) bond motifs is 4. The Bertz CT molecular complexity index is 3570. The quantitative estimate of drug-likeness (QED) is 0.127. The van der Waals surface area contributed by atoms with Crippen molar-refractivity contribution in [2.45, 2.75) is 58.8 Å². The van der Waals surface area contributed by atoms with Gasteiger partial charge in [0.1, 0.15) is 0 Å². The van der Waals surface area contributed by atoms with E-state index >= 15 is 0 Å². The molecule has 12 rings (SSSR count). The Balaban J connectivity index is 1.13. The van der Waals surface area contributed by atoms with E-state index < -0.39 is 0 Å². The highest BCUT2D eigenvalue weighted by atomic mass is 15.2. The maximum absolute atomic E-state index is 2.57. The minimum Gasteiger partial charge on any atom is -0.310 e. The first-order chi connectivity index (χ1) is 36.6. The standard InChI is InChI=1S/C73H62N2/c1-7-21-66-63(8-2)64-48-68-65(49-67(64)72(66,3)4)71-69(73(68,5)6)46-62(74(58-38-30-54(31-39-58)50-22-13-9-14-23-50)59-40-32-55(33-41-59)51-24-15-10-16-25-51)47-70(71)75(60-42-34-56(35-43-60)52-26-17-11-18-27-52)61-44-36-57(37-45-61)53-28-19-12-20-29-53/h8-49H,7H2,1-6H3/b63-8-,66-21+. The number of hydrogen-bond donors (Lipinski definition) is 0. The fourth-order valence-electron chi connectivity index (χ4n) is 12.0. The highest BCUT2D eigenvalue weighted by molar-refractivity contribution is 6.01. The van der Waals surface area contributed by atoms with Gasteiger partial charge in [-0.05, 0) is 170 Å². The zero-order valence-electron chi connectivity index (χ0n) is 43.9. The summed E-state index contributed by atoms with van der Waals surface area (Å²) in [5.74, 6) is 0. The lowest BCUT2D eigenvalue weighted by Crippen LogP contribution is -2.19. The van der Waals surface area contributed by atoms with Crippen LogP contribution in [0.25, 0.3) is 61.2 Å². The molecule has 0 unspecified atom stereocenters. The lowest BCUT2D eigenvalue weighted by Gasteiger charge is -2.33. The van der Waals surface area contributed by atoms with Crippen molar-refractivity contribution in [3.8, 4) is 55.6 Å². The number of nitrogens with zero attached hydrogens (tertiary/aromatic N) is 2. The van der Waals surface area contributed by atoms with E-state index in [9.17, 15) is 0 Å². The van der Waals surface area contributed by atoms with Gasteiger partial charge in [0.2, 0.25) is 0 Å². The van der Waals surface area contributed by atoms with Crippen LogP contribution in [0.3, 0.4) is 0 Å². The van der Waals surface area contributed by atoms with Crippen LogP contribution in [0.2, 0.25) is 0 Å². The Morgan fingerprint density at radius 2 is 0.693 bits per heavy atom. The van der Waals surface area contributed by atoms with Crippen LogP contribution in [0.1, 0.15) is 70.2 Å². The van der Waals surface area contributed by atoms with Crippen LogP contribution >= 0.6 is 0 Å². The van der Waals surface area contributed by atoms with Crippen LogP contribution in [0.4, 0.5) is 34.1 Å². The molecule has 2 aliphatic carbocycles. The summed E-state index contributed by atoms with van der Waals surface area (Å²) in [4.78, 5) is 4.98. The summed E-state index contributed by atoms with van der Waals surface area (Å²) >= 11 is 0. The Kier molecular flexibility index (Phi) is 12.2. The second kappa shape index (κ2) is 19.3. The molecule has 0 bridgehead atoms. The molecule has 10 aromatic rings. The van der Waals surface area contributed by atoms with Crippen molar-refractivity contribution in [2.75, 3.05) is 9.80 Å². The van der Waals surface area contributed by atoms with E-state index in [0.717, 1.165) is 40.5 Å². The van der Waals surface area contributed by atoms with Gasteiger partial charge in [0.15, 0.2) is 0 Å². The second-order valence-corrected chi connectivity index (χ2v) is 21.1. The Hall–Kier alpha value is -8.72. The molecule has 10 aromatic carbocycles. The van der Waals surface area contributed by atoms with Crippen molar-refractivity contribution in [3.05, 3.63) is 283 Å². The van der Waals surface area contributed by atoms with E-state index in [2.05, 4.69) is 306 Å². The fraction of sp³-hybridized carbons (Fsp3) is 0.123. The van der Waals surface area contributed by atoms with Gasteiger partial charge in [-0.3, -0.25) is 0 Å². The summed E-state index contributed by atoms with van der Waals surface area (Å²) in [6.07, 6.45) is 5.78. The van der Waals surface area contributed by atoms with E-state index in [-0.39, 0.29) is 10.8 Å². The van der Waals surface area contributed by atoms with Crippen molar-refractivity contribution >= 4 is 39.7 Å². The molecule has 0 spiro atoms. The molecule has 2 heteroatoms. The van der Waals surface area contributed by atoms with Gasteiger partial charge in [-0.25, -0.2) is 0 Å². The zero-order chi connectivity index (χ0) is 51.3. The molecule has 2 nitrogen and oxygen atoms in total. The van der Waals surface area contributed by atoms with Gasteiger partial charge >= 0.3 is 0 Å². The lowest BCUT2D eigenvalue weighted by atomic mass is 9.79. The molecular formula is C73H62N2. The Morgan fingerprint density at radius 1 is 0.347 bits per heavy atom. The molecule has 0 fully saturated rings. The van der Waals surface area contributed by atoms with Crippen LogP contribution < -0.4 is 9.80 Å². The van der Waals surface area contributed by atoms with E-state index in [1.54, 1.807) is 0 Å². The van der Waals surface area contributed by atoms with Gasteiger partial charge < -0.3 is 9.80 Å². The predicted octanol–water partition coefficient (Wildman–Crippen LogP) is 20.6. The predicted molar refractivity (Wildman–Crippen MR) is 320 cm³/mol. The van der Waals surface area contributed by atoms with Crippen molar-refractivity contribution in [1.29, 1.82) is 0 Å². The largest absolute Gasteiger partial charge is 0.310 e. The monoisotopic (exact) mass is 966 g/mol. The number of anilines is 6. The Morgan fingerprint density at radius 3 is 1.07 bits per heavy atom. The molecule has 0 saturated heterocycles. The molecule has 364 valence electrons. The van der Waals surface area contributed by atoms with Gasteiger partial charge in [0.05, 0.1) is 5.69 Å². The second-order valence-electron chi connectivity index (χ2n) is 21.1. The van der Waals surface area contributed by atoms with Crippen LogP contribution in [0.5, 0.6) is 0 Å². The van der Waals surface area contributed by atoms with Crippen molar-refractivity contribution < 1.29 is 0 Å². The maximum atomic E-state index is 2.57. The zero-order valence-corrected chi connectivity index (χ0v) is 43.9. The van der Waals surface area contributed by atoms with Gasteiger partial charge in [-0.2, -0.15) is 0 Å². The van der Waals surface area contributed by atoms with E-state index in [1.807, 2.05) is 0 Å². The molecule has 0 atom stereocenters. The van der Waals surface area contributed by atoms with Gasteiger partial charge in [-0.1, -0.05) is 217 Å². The van der Waals surface area contributed by atoms with Gasteiger partial charge in [-0.15, -0.1) is 0 Å². The molecule has 0 aliphatic heterocycles. The summed E-state index contributed by atoms with van der Waals surface area (Å²) in [7, 11) is 0. The smallest absolute Gasteiger partial charge is 0.0564 e. The molecule has 0 amide bonds. The Labute approximate surface area is 444 Å². The van der Waals surface area contributed by atoms with Crippen LogP contribution in [-0.2, 0) is 10.8 Å². The first-order valence-electron chi connectivity index (χ1n) is 26.6. The fourth-order valence-corrected chi connectivity index (χ4v) is 12.0. The topological polar surface area (TPSA) is 6.48 Å². The highest BCUT2D eigenvalue weighted by Gasteiger charge is 2.44. The summed E-state index contributed by atoms with van der Waals surface area (Å²) in [6, 6.07) is 89.4. The minimum atomic E-state index is -0.356. The normalized spacial score (nSPS) is 14.9. The van der Waals surface area contributed by atoms with Crippen LogP contribution in [0, 0.1) is 0 Å². The van der Waals surface area contributed by atoms with Crippen LogP contribution in [-0.4, -0.2) is 0 Å². The highest BCUT2D eigenvalue weighted by Crippen LogP contribution is 2.60. The van der Waals surface area contributed by atoms with Gasteiger partial charge in [0.25, 0.3) is 0 Å². The summed E-state index contributed by atoms with van der Waals surface area (Å²) in [6.45, 7) is 14.2. The number of hydrogen-bond acceptors (Lipinski definition) is 2. The average Bonchev–Trinajstić information content (AvgIpc) is 3.85. The van der Waals surface area contributed by atoms with E-state index in [4.69, 9.17) is 0 Å².